The number of nitrogens with zero attached hydrogens (tertiary/aromatic N) is 1. The van der Waals surface area contributed by atoms with E-state index in [-0.39, 0.29) is 5.91 Å². The van der Waals surface area contributed by atoms with Crippen molar-refractivity contribution in [3.8, 4) is 0 Å². The summed E-state index contributed by atoms with van der Waals surface area (Å²) in [5, 5.41) is 2.45. The molecule has 6 heteroatoms. The number of nitrogens with one attached hydrogen (secondary N) is 1. The van der Waals surface area contributed by atoms with Crippen molar-refractivity contribution in [3.05, 3.63) is 0 Å². The molecule has 74 valence electrons. The standard InChI is InChI=1S/C7H12N2O4/c1-4(10)9-6(13-3)5(12-2)8-7(9)11/h5-6H,1-3H3,(H,8,11)/t5-,6-/m0/s1. The van der Waals surface area contributed by atoms with Crippen LogP contribution in [0, 0.1) is 0 Å². The first kappa shape index (κ1) is 9.94. The van der Waals surface area contributed by atoms with E-state index in [2.05, 4.69) is 5.32 Å². The van der Waals surface area contributed by atoms with E-state index in [4.69, 9.17) is 9.47 Å². The van der Waals surface area contributed by atoms with Crippen LogP contribution in [0.2, 0.25) is 0 Å². The highest BCUT2D eigenvalue weighted by atomic mass is 16.6. The zero-order chi connectivity index (χ0) is 10.0. The van der Waals surface area contributed by atoms with Crippen molar-refractivity contribution >= 4 is 11.9 Å². The lowest BCUT2D eigenvalue weighted by Crippen LogP contribution is -2.41. The number of carbonyl (C=O) groups is 2. The van der Waals surface area contributed by atoms with E-state index in [1.54, 1.807) is 0 Å². The van der Waals surface area contributed by atoms with Gasteiger partial charge in [0.05, 0.1) is 0 Å². The number of methoxy groups -OCH3 is 2. The average molecular weight is 188 g/mol. The van der Waals surface area contributed by atoms with Crippen LogP contribution in [0.1, 0.15) is 6.92 Å². The number of amides is 3. The lowest BCUT2D eigenvalue weighted by molar-refractivity contribution is -0.140. The Bertz CT molecular complexity index is 231. The summed E-state index contributed by atoms with van der Waals surface area (Å²) in [5.41, 5.74) is 0. The van der Waals surface area contributed by atoms with Gasteiger partial charge in [-0.3, -0.25) is 4.79 Å². The highest BCUT2D eigenvalue weighted by molar-refractivity contribution is 5.95. The van der Waals surface area contributed by atoms with Crippen molar-refractivity contribution < 1.29 is 19.1 Å². The van der Waals surface area contributed by atoms with Gasteiger partial charge in [0.25, 0.3) is 0 Å². The van der Waals surface area contributed by atoms with Gasteiger partial charge in [0.2, 0.25) is 5.91 Å². The Balaban J connectivity index is 2.82. The fourth-order valence-corrected chi connectivity index (χ4v) is 1.24. The van der Waals surface area contributed by atoms with Gasteiger partial charge in [-0.2, -0.15) is 0 Å². The molecule has 2 atom stereocenters. The third-order valence-electron chi connectivity index (χ3n) is 1.83. The number of rotatable bonds is 2. The molecule has 1 rings (SSSR count). The lowest BCUT2D eigenvalue weighted by atomic mass is 10.4. The molecule has 1 saturated heterocycles. The van der Waals surface area contributed by atoms with Crippen LogP contribution in [-0.4, -0.2) is 43.5 Å². The minimum atomic E-state index is -0.685. The topological polar surface area (TPSA) is 67.9 Å². The maximum Gasteiger partial charge on any atom is 0.328 e. The van der Waals surface area contributed by atoms with Gasteiger partial charge in [0.15, 0.2) is 12.5 Å². The summed E-state index contributed by atoms with van der Waals surface area (Å²) in [6.45, 7) is 1.30. The lowest BCUT2D eigenvalue weighted by Gasteiger charge is -2.20. The van der Waals surface area contributed by atoms with Gasteiger partial charge in [-0.25, -0.2) is 9.69 Å². The fraction of sp³-hybridized carbons (Fsp3) is 0.714. The molecule has 13 heavy (non-hydrogen) atoms. The number of imide groups is 1. The molecule has 1 aliphatic heterocycles. The summed E-state index contributed by atoms with van der Waals surface area (Å²) in [7, 11) is 2.84. The van der Waals surface area contributed by atoms with Crippen LogP contribution in [0.4, 0.5) is 4.79 Å². The van der Waals surface area contributed by atoms with E-state index in [9.17, 15) is 9.59 Å². The van der Waals surface area contributed by atoms with E-state index < -0.39 is 18.5 Å². The second-order valence-corrected chi connectivity index (χ2v) is 2.62. The molecule has 0 bridgehead atoms. The van der Waals surface area contributed by atoms with Crippen LogP contribution < -0.4 is 5.32 Å². The van der Waals surface area contributed by atoms with E-state index in [0.717, 1.165) is 4.90 Å². The Morgan fingerprint density at radius 1 is 1.46 bits per heavy atom. The first-order valence-corrected chi connectivity index (χ1v) is 3.77. The molecule has 0 aliphatic carbocycles. The molecule has 0 aromatic heterocycles. The Morgan fingerprint density at radius 2 is 2.08 bits per heavy atom. The molecule has 1 N–H and O–H groups in total. The first-order chi connectivity index (χ1) is 6.11. The fourth-order valence-electron chi connectivity index (χ4n) is 1.24. The highest BCUT2D eigenvalue weighted by Crippen LogP contribution is 2.14. The van der Waals surface area contributed by atoms with E-state index in [0.29, 0.717) is 0 Å². The van der Waals surface area contributed by atoms with Gasteiger partial charge in [0.1, 0.15) is 0 Å². The smallest absolute Gasteiger partial charge is 0.328 e. The quantitative estimate of drug-likeness (QED) is 0.634. The van der Waals surface area contributed by atoms with E-state index in [1.807, 2.05) is 0 Å². The molecule has 0 unspecified atom stereocenters. The third-order valence-corrected chi connectivity index (χ3v) is 1.83. The summed E-state index contributed by atoms with van der Waals surface area (Å²) >= 11 is 0. The zero-order valence-corrected chi connectivity index (χ0v) is 7.73. The monoisotopic (exact) mass is 188 g/mol. The molecule has 0 radical (unpaired) electrons. The van der Waals surface area contributed by atoms with Crippen LogP contribution in [0.3, 0.4) is 0 Å². The molecule has 0 aromatic rings. The summed E-state index contributed by atoms with van der Waals surface area (Å²) in [6.07, 6.45) is -1.28. The van der Waals surface area contributed by atoms with Crippen molar-refractivity contribution in [1.82, 2.24) is 10.2 Å². The predicted octanol–water partition coefficient (Wildman–Crippen LogP) is -0.497. The van der Waals surface area contributed by atoms with Crippen LogP contribution in [0.15, 0.2) is 0 Å². The normalized spacial score (nSPS) is 27.6. The van der Waals surface area contributed by atoms with Crippen LogP contribution >= 0.6 is 0 Å². The maximum absolute atomic E-state index is 11.2. The summed E-state index contributed by atoms with van der Waals surface area (Å²) in [4.78, 5) is 23.2. The third kappa shape index (κ3) is 1.63. The van der Waals surface area contributed by atoms with Crippen LogP contribution in [0.25, 0.3) is 0 Å². The highest BCUT2D eigenvalue weighted by Gasteiger charge is 2.42. The van der Waals surface area contributed by atoms with Crippen LogP contribution in [-0.2, 0) is 14.3 Å². The van der Waals surface area contributed by atoms with Gasteiger partial charge in [0, 0.05) is 21.1 Å². The molecule has 3 amide bonds. The first-order valence-electron chi connectivity index (χ1n) is 3.77. The predicted molar refractivity (Wildman–Crippen MR) is 42.6 cm³/mol. The van der Waals surface area contributed by atoms with E-state index >= 15 is 0 Å². The molecular formula is C7H12N2O4. The van der Waals surface area contributed by atoms with Gasteiger partial charge in [-0.05, 0) is 0 Å². The molecule has 1 fully saturated rings. The Morgan fingerprint density at radius 3 is 2.46 bits per heavy atom. The van der Waals surface area contributed by atoms with Crippen molar-refractivity contribution in [2.45, 2.75) is 19.4 Å². The number of carbonyl (C=O) groups excluding carboxylic acids is 2. The van der Waals surface area contributed by atoms with Gasteiger partial charge >= 0.3 is 6.03 Å². The minimum absolute atomic E-state index is 0.371. The molecule has 0 aromatic carbocycles. The Kier molecular flexibility index (Phi) is 2.84. The summed E-state index contributed by atoms with van der Waals surface area (Å²) in [6, 6.07) is -0.494. The second kappa shape index (κ2) is 3.71. The van der Waals surface area contributed by atoms with Gasteiger partial charge in [-0.1, -0.05) is 0 Å². The summed E-state index contributed by atoms with van der Waals surface area (Å²) < 4.78 is 9.87. The maximum atomic E-state index is 11.2. The number of hydrogen-bond donors (Lipinski definition) is 1. The minimum Gasteiger partial charge on any atom is -0.357 e. The molecule has 0 saturated carbocycles. The number of urea groups is 1. The van der Waals surface area contributed by atoms with Gasteiger partial charge < -0.3 is 14.8 Å². The van der Waals surface area contributed by atoms with Crippen molar-refractivity contribution in [2.24, 2.45) is 0 Å². The summed E-state index contributed by atoms with van der Waals surface area (Å²) in [5.74, 6) is -0.371. The molecule has 0 spiro atoms. The number of ether oxygens (including phenoxy) is 2. The van der Waals surface area contributed by atoms with Crippen molar-refractivity contribution in [2.75, 3.05) is 14.2 Å². The Labute approximate surface area is 75.8 Å². The van der Waals surface area contributed by atoms with E-state index in [1.165, 1.54) is 21.1 Å². The average Bonchev–Trinajstić information content (AvgIpc) is 2.41. The van der Waals surface area contributed by atoms with Crippen molar-refractivity contribution in [3.63, 3.8) is 0 Å². The zero-order valence-electron chi connectivity index (χ0n) is 7.73. The van der Waals surface area contributed by atoms with Crippen molar-refractivity contribution in [1.29, 1.82) is 0 Å². The molecule has 6 nitrogen and oxygen atoms in total. The SMILES string of the molecule is CO[C@@H]1NC(=O)N(C(C)=O)[C@H]1OC. The second-order valence-electron chi connectivity index (χ2n) is 2.62. The molecule has 1 aliphatic rings. The van der Waals surface area contributed by atoms with Crippen LogP contribution in [0.5, 0.6) is 0 Å². The largest absolute Gasteiger partial charge is 0.357 e. The molecular weight excluding hydrogens is 176 g/mol. The number of hydrogen-bond acceptors (Lipinski definition) is 4. The Hall–Kier alpha value is -1.14. The molecule has 1 heterocycles. The van der Waals surface area contributed by atoms with Gasteiger partial charge in [-0.15, -0.1) is 0 Å².